The van der Waals surface area contributed by atoms with Crippen molar-refractivity contribution in [3.8, 4) is 0 Å². The minimum atomic E-state index is 0.673. The normalized spacial score (nSPS) is 35.8. The third-order valence-corrected chi connectivity index (χ3v) is 4.37. The molecule has 2 N–H and O–H groups in total. The summed E-state index contributed by atoms with van der Waals surface area (Å²) in [6.07, 6.45) is 6.65. The van der Waals surface area contributed by atoms with Crippen molar-refractivity contribution in [3.63, 3.8) is 0 Å². The number of nitrogens with two attached hydrogens (primary N) is 1. The fourth-order valence-electron chi connectivity index (χ4n) is 3.08. The smallest absolute Gasteiger partial charge is 0.0622 e. The fraction of sp³-hybridized carbons (Fsp3) is 1.00. The molecule has 0 amide bonds. The van der Waals surface area contributed by atoms with Crippen molar-refractivity contribution in [2.45, 2.75) is 38.1 Å². The Labute approximate surface area is 99.3 Å². The Morgan fingerprint density at radius 2 is 1.81 bits per heavy atom. The Balaban J connectivity index is 1.69. The summed E-state index contributed by atoms with van der Waals surface area (Å²) in [6.45, 7) is 4.04. The molecule has 2 rings (SSSR count). The first-order valence-electron chi connectivity index (χ1n) is 6.77. The molecule has 2 fully saturated rings. The monoisotopic (exact) mass is 226 g/mol. The molecule has 1 saturated heterocycles. The van der Waals surface area contributed by atoms with E-state index in [-0.39, 0.29) is 0 Å². The Hall–Kier alpha value is -0.120. The summed E-state index contributed by atoms with van der Waals surface area (Å²) < 4.78 is 5.44. The largest absolute Gasteiger partial charge is 0.380 e. The summed E-state index contributed by atoms with van der Waals surface area (Å²) in [4.78, 5) is 2.51. The first-order valence-corrected chi connectivity index (χ1v) is 6.77. The molecule has 3 heteroatoms. The van der Waals surface area contributed by atoms with Crippen LogP contribution in [0.3, 0.4) is 0 Å². The van der Waals surface area contributed by atoms with E-state index in [1.54, 1.807) is 0 Å². The highest BCUT2D eigenvalue weighted by atomic mass is 16.5. The van der Waals surface area contributed by atoms with Gasteiger partial charge in [0.1, 0.15) is 0 Å². The van der Waals surface area contributed by atoms with Crippen LogP contribution < -0.4 is 5.73 Å². The van der Waals surface area contributed by atoms with E-state index in [4.69, 9.17) is 10.5 Å². The first kappa shape index (κ1) is 12.3. The van der Waals surface area contributed by atoms with Gasteiger partial charge in [-0.1, -0.05) is 0 Å². The van der Waals surface area contributed by atoms with Gasteiger partial charge in [-0.3, -0.25) is 0 Å². The number of ether oxygens (including phenoxy) is 1. The molecule has 0 aromatic carbocycles. The van der Waals surface area contributed by atoms with Crippen LogP contribution in [0.1, 0.15) is 32.1 Å². The lowest BCUT2D eigenvalue weighted by molar-refractivity contribution is 0.136. The van der Waals surface area contributed by atoms with Gasteiger partial charge in [-0.25, -0.2) is 0 Å². The van der Waals surface area contributed by atoms with Crippen molar-refractivity contribution in [2.75, 3.05) is 33.4 Å². The standard InChI is InChI=1S/C13H26N2O/c1-15(13-6-7-16-10-13)9-12-4-2-11(8-14)3-5-12/h11-13H,2-10,14H2,1H3. The van der Waals surface area contributed by atoms with Crippen LogP contribution in [0.15, 0.2) is 0 Å². The van der Waals surface area contributed by atoms with E-state index in [0.29, 0.717) is 6.04 Å². The second-order valence-electron chi connectivity index (χ2n) is 5.58. The lowest BCUT2D eigenvalue weighted by atomic mass is 9.82. The van der Waals surface area contributed by atoms with E-state index in [2.05, 4.69) is 11.9 Å². The molecule has 0 bridgehead atoms. The number of rotatable bonds is 4. The van der Waals surface area contributed by atoms with Gasteiger partial charge < -0.3 is 15.4 Å². The van der Waals surface area contributed by atoms with Gasteiger partial charge >= 0.3 is 0 Å². The average Bonchev–Trinajstić information content (AvgIpc) is 2.83. The summed E-state index contributed by atoms with van der Waals surface area (Å²) >= 11 is 0. The molecule has 94 valence electrons. The second kappa shape index (κ2) is 5.99. The molecule has 1 atom stereocenters. The molecule has 3 nitrogen and oxygen atoms in total. The highest BCUT2D eigenvalue weighted by molar-refractivity contribution is 4.79. The molecular weight excluding hydrogens is 200 g/mol. The van der Waals surface area contributed by atoms with Crippen LogP contribution in [-0.4, -0.2) is 44.3 Å². The predicted octanol–water partition coefficient (Wildman–Crippen LogP) is 1.47. The zero-order chi connectivity index (χ0) is 11.4. The molecule has 1 aliphatic carbocycles. The molecule has 0 aromatic rings. The highest BCUT2D eigenvalue weighted by Crippen LogP contribution is 2.29. The third kappa shape index (κ3) is 3.19. The Kier molecular flexibility index (Phi) is 4.62. The minimum absolute atomic E-state index is 0.673. The van der Waals surface area contributed by atoms with Crippen LogP contribution in [-0.2, 0) is 4.74 Å². The van der Waals surface area contributed by atoms with Crippen molar-refractivity contribution in [3.05, 3.63) is 0 Å². The lowest BCUT2D eigenvalue weighted by Crippen LogP contribution is -2.37. The number of likely N-dealkylation sites (N-methyl/N-ethyl adjacent to an activating group) is 1. The van der Waals surface area contributed by atoms with Gasteiger partial charge in [-0.15, -0.1) is 0 Å². The number of hydrogen-bond donors (Lipinski definition) is 1. The van der Waals surface area contributed by atoms with Crippen LogP contribution in [0.5, 0.6) is 0 Å². The van der Waals surface area contributed by atoms with Crippen LogP contribution >= 0.6 is 0 Å². The summed E-state index contributed by atoms with van der Waals surface area (Å²) in [5, 5.41) is 0. The van der Waals surface area contributed by atoms with Gasteiger partial charge in [0.15, 0.2) is 0 Å². The van der Waals surface area contributed by atoms with Gasteiger partial charge in [0.2, 0.25) is 0 Å². The first-order chi connectivity index (χ1) is 7.79. The predicted molar refractivity (Wildman–Crippen MR) is 66.4 cm³/mol. The van der Waals surface area contributed by atoms with Gasteiger partial charge in [0, 0.05) is 19.2 Å². The van der Waals surface area contributed by atoms with Crippen molar-refractivity contribution >= 4 is 0 Å². The topological polar surface area (TPSA) is 38.5 Å². The highest BCUT2D eigenvalue weighted by Gasteiger charge is 2.25. The van der Waals surface area contributed by atoms with E-state index < -0.39 is 0 Å². The number of nitrogens with zero attached hydrogens (tertiary/aromatic N) is 1. The Bertz CT molecular complexity index is 196. The zero-order valence-corrected chi connectivity index (χ0v) is 10.5. The molecule has 1 unspecified atom stereocenters. The Morgan fingerprint density at radius 1 is 1.12 bits per heavy atom. The van der Waals surface area contributed by atoms with Crippen LogP contribution in [0.4, 0.5) is 0 Å². The fourth-order valence-corrected chi connectivity index (χ4v) is 3.08. The molecule has 1 heterocycles. The summed E-state index contributed by atoms with van der Waals surface area (Å²) in [6, 6.07) is 0.673. The van der Waals surface area contributed by atoms with E-state index in [1.807, 2.05) is 0 Å². The van der Waals surface area contributed by atoms with Gasteiger partial charge in [-0.05, 0) is 57.5 Å². The van der Waals surface area contributed by atoms with Gasteiger partial charge in [-0.2, -0.15) is 0 Å². The van der Waals surface area contributed by atoms with Crippen molar-refractivity contribution in [1.82, 2.24) is 4.90 Å². The summed E-state index contributed by atoms with van der Waals surface area (Å²) in [5.74, 6) is 1.70. The third-order valence-electron chi connectivity index (χ3n) is 4.37. The van der Waals surface area contributed by atoms with Crippen LogP contribution in [0.25, 0.3) is 0 Å². The zero-order valence-electron chi connectivity index (χ0n) is 10.5. The van der Waals surface area contributed by atoms with Crippen LogP contribution in [0, 0.1) is 11.8 Å². The molecule has 2 aliphatic rings. The maximum Gasteiger partial charge on any atom is 0.0622 e. The van der Waals surface area contributed by atoms with Gasteiger partial charge in [0.25, 0.3) is 0 Å². The van der Waals surface area contributed by atoms with Crippen molar-refractivity contribution in [2.24, 2.45) is 17.6 Å². The second-order valence-corrected chi connectivity index (χ2v) is 5.58. The summed E-state index contributed by atoms with van der Waals surface area (Å²) in [5.41, 5.74) is 5.72. The molecule has 16 heavy (non-hydrogen) atoms. The molecular formula is C13H26N2O. The van der Waals surface area contributed by atoms with E-state index in [9.17, 15) is 0 Å². The Morgan fingerprint density at radius 3 is 2.38 bits per heavy atom. The maximum atomic E-state index is 5.72. The van der Waals surface area contributed by atoms with E-state index in [1.165, 1.54) is 38.6 Å². The minimum Gasteiger partial charge on any atom is -0.380 e. The van der Waals surface area contributed by atoms with E-state index >= 15 is 0 Å². The van der Waals surface area contributed by atoms with E-state index in [0.717, 1.165) is 31.6 Å². The molecule has 0 aromatic heterocycles. The van der Waals surface area contributed by atoms with Crippen molar-refractivity contribution in [1.29, 1.82) is 0 Å². The average molecular weight is 226 g/mol. The lowest BCUT2D eigenvalue weighted by Gasteiger charge is -2.32. The van der Waals surface area contributed by atoms with Gasteiger partial charge in [0.05, 0.1) is 6.61 Å². The quantitative estimate of drug-likeness (QED) is 0.789. The number of hydrogen-bond acceptors (Lipinski definition) is 3. The van der Waals surface area contributed by atoms with Crippen molar-refractivity contribution < 1.29 is 4.74 Å². The maximum absolute atomic E-state index is 5.72. The summed E-state index contributed by atoms with van der Waals surface area (Å²) in [7, 11) is 2.26. The molecule has 1 saturated carbocycles. The molecule has 1 aliphatic heterocycles. The SMILES string of the molecule is CN(CC1CCC(CN)CC1)C1CCOC1. The molecule has 0 radical (unpaired) electrons. The van der Waals surface area contributed by atoms with Crippen LogP contribution in [0.2, 0.25) is 0 Å². The molecule has 0 spiro atoms.